The molecule has 0 bridgehead atoms. The maximum atomic E-state index is 12.7. The second kappa shape index (κ2) is 10.0. The number of methoxy groups -OCH3 is 2. The van der Waals surface area contributed by atoms with Crippen molar-refractivity contribution in [1.82, 2.24) is 10.2 Å². The summed E-state index contributed by atoms with van der Waals surface area (Å²) in [6, 6.07) is 5.01. The lowest BCUT2D eigenvalue weighted by molar-refractivity contribution is -0.158. The number of anilines is 1. The molecule has 1 aromatic carbocycles. The van der Waals surface area contributed by atoms with Gasteiger partial charge in [0.1, 0.15) is 28.7 Å². The Morgan fingerprint density at radius 2 is 1.70 bits per heavy atom. The Labute approximate surface area is 177 Å². The summed E-state index contributed by atoms with van der Waals surface area (Å²) in [6.07, 6.45) is 0. The van der Waals surface area contributed by atoms with Crippen LogP contribution in [0.2, 0.25) is 0 Å². The van der Waals surface area contributed by atoms with Gasteiger partial charge >= 0.3 is 11.9 Å². The van der Waals surface area contributed by atoms with Crippen molar-refractivity contribution in [2.24, 2.45) is 0 Å². The Morgan fingerprint density at radius 1 is 1.07 bits per heavy atom. The first-order chi connectivity index (χ1) is 14.2. The summed E-state index contributed by atoms with van der Waals surface area (Å²) in [5, 5.41) is 11.6. The lowest BCUT2D eigenvalue weighted by Gasteiger charge is -2.20. The molecule has 0 spiro atoms. The van der Waals surface area contributed by atoms with E-state index in [1.807, 2.05) is 13.8 Å². The molecule has 0 aliphatic rings. The molecule has 0 atom stereocenters. The zero-order valence-corrected chi connectivity index (χ0v) is 18.1. The molecule has 0 aliphatic carbocycles. The van der Waals surface area contributed by atoms with Crippen molar-refractivity contribution in [3.05, 3.63) is 28.8 Å². The largest absolute Gasteiger partial charge is 0.496 e. The Kier molecular flexibility index (Phi) is 7.70. The van der Waals surface area contributed by atoms with Gasteiger partial charge in [0.2, 0.25) is 5.13 Å². The highest BCUT2D eigenvalue weighted by Crippen LogP contribution is 2.32. The minimum absolute atomic E-state index is 0.00396. The van der Waals surface area contributed by atoms with Gasteiger partial charge in [0.25, 0.3) is 5.91 Å². The van der Waals surface area contributed by atoms with Gasteiger partial charge in [0.15, 0.2) is 6.61 Å². The quantitative estimate of drug-likeness (QED) is 0.587. The van der Waals surface area contributed by atoms with Crippen molar-refractivity contribution in [2.75, 3.05) is 32.8 Å². The first-order valence-corrected chi connectivity index (χ1v) is 9.65. The Hall–Kier alpha value is -3.21. The molecule has 1 N–H and O–H groups in total. The number of aromatic nitrogens is 2. The Balaban J connectivity index is 2.06. The molecule has 0 saturated carbocycles. The van der Waals surface area contributed by atoms with E-state index in [1.54, 1.807) is 18.2 Å². The van der Waals surface area contributed by atoms with Crippen LogP contribution in [0, 0.1) is 0 Å². The Bertz CT molecular complexity index is 904. The topological polar surface area (TPSA) is 126 Å². The van der Waals surface area contributed by atoms with Gasteiger partial charge in [-0.1, -0.05) is 31.3 Å². The summed E-state index contributed by atoms with van der Waals surface area (Å²) >= 11 is 1.15. The molecular formula is C19H23N3O7S. The van der Waals surface area contributed by atoms with Crippen LogP contribution in [0.1, 0.15) is 36.1 Å². The number of rotatable bonds is 9. The number of ether oxygens (including phenoxy) is 4. The average molecular weight is 437 g/mol. The van der Waals surface area contributed by atoms with Crippen LogP contribution in [0.15, 0.2) is 18.2 Å². The molecule has 30 heavy (non-hydrogen) atoms. The van der Waals surface area contributed by atoms with Gasteiger partial charge in [-0.05, 0) is 12.1 Å². The zero-order chi connectivity index (χ0) is 22.3. The lowest BCUT2D eigenvalue weighted by Crippen LogP contribution is -2.27. The molecule has 1 aromatic heterocycles. The number of nitrogens with zero attached hydrogens (tertiary/aromatic N) is 2. The SMILES string of the molecule is COc1cccc(OC)c1C(=O)Nc1nnc(C(C)(C)COC(=O)COC(C)=O)s1. The third-order valence-electron chi connectivity index (χ3n) is 3.87. The third kappa shape index (κ3) is 5.89. The number of esters is 2. The molecule has 1 amide bonds. The number of carbonyl (C=O) groups is 3. The summed E-state index contributed by atoms with van der Waals surface area (Å²) in [5.41, 5.74) is -0.438. The average Bonchev–Trinajstić information content (AvgIpc) is 3.19. The number of nitrogens with one attached hydrogen (secondary N) is 1. The molecule has 0 fully saturated rings. The smallest absolute Gasteiger partial charge is 0.344 e. The fourth-order valence-corrected chi connectivity index (χ4v) is 3.13. The van der Waals surface area contributed by atoms with E-state index in [0.29, 0.717) is 16.5 Å². The summed E-state index contributed by atoms with van der Waals surface area (Å²) in [4.78, 5) is 35.1. The van der Waals surface area contributed by atoms with Gasteiger partial charge < -0.3 is 18.9 Å². The first-order valence-electron chi connectivity index (χ1n) is 8.83. The van der Waals surface area contributed by atoms with Crippen LogP contribution in [-0.4, -0.2) is 55.5 Å². The first kappa shape index (κ1) is 23.1. The predicted octanol–water partition coefficient (Wildman–Crippen LogP) is 2.19. The molecular weight excluding hydrogens is 414 g/mol. The molecule has 0 aliphatic heterocycles. The molecule has 11 heteroatoms. The normalized spacial score (nSPS) is 10.8. The van der Waals surface area contributed by atoms with Crippen molar-refractivity contribution < 1.29 is 33.3 Å². The molecule has 0 unspecified atom stereocenters. The van der Waals surface area contributed by atoms with E-state index in [9.17, 15) is 14.4 Å². The Morgan fingerprint density at radius 3 is 2.27 bits per heavy atom. The van der Waals surface area contributed by atoms with E-state index >= 15 is 0 Å². The standard InChI is InChI=1S/C19H23N3O7S/c1-11(23)28-9-14(24)29-10-19(2,3)17-21-22-18(30-17)20-16(25)15-12(26-4)7-6-8-13(15)27-5/h6-8H,9-10H2,1-5H3,(H,20,22,25). The zero-order valence-electron chi connectivity index (χ0n) is 17.3. The fraction of sp³-hybridized carbons (Fsp3) is 0.421. The maximum Gasteiger partial charge on any atom is 0.344 e. The third-order valence-corrected chi connectivity index (χ3v) is 5.07. The monoisotopic (exact) mass is 437 g/mol. The van der Waals surface area contributed by atoms with Gasteiger partial charge in [0.05, 0.1) is 19.6 Å². The van der Waals surface area contributed by atoms with Crippen LogP contribution >= 0.6 is 11.3 Å². The van der Waals surface area contributed by atoms with Gasteiger partial charge in [-0.15, -0.1) is 10.2 Å². The van der Waals surface area contributed by atoms with Crippen LogP contribution in [0.5, 0.6) is 11.5 Å². The number of amides is 1. The van der Waals surface area contributed by atoms with E-state index in [0.717, 1.165) is 11.3 Å². The second-order valence-corrected chi connectivity index (χ2v) is 7.71. The highest BCUT2D eigenvalue weighted by molar-refractivity contribution is 7.15. The molecule has 162 valence electrons. The van der Waals surface area contributed by atoms with Gasteiger partial charge in [0, 0.05) is 6.92 Å². The summed E-state index contributed by atoms with van der Waals surface area (Å²) in [5.74, 6) is -0.979. The van der Waals surface area contributed by atoms with E-state index in [-0.39, 0.29) is 17.3 Å². The minimum Gasteiger partial charge on any atom is -0.496 e. The molecule has 10 nitrogen and oxygen atoms in total. The maximum absolute atomic E-state index is 12.7. The molecule has 1 heterocycles. The fourth-order valence-electron chi connectivity index (χ4n) is 2.31. The number of hydrogen-bond donors (Lipinski definition) is 1. The van der Waals surface area contributed by atoms with Crippen LogP contribution in [0.4, 0.5) is 5.13 Å². The number of hydrogen-bond acceptors (Lipinski definition) is 10. The minimum atomic E-state index is -0.672. The molecule has 0 radical (unpaired) electrons. The van der Waals surface area contributed by atoms with Crippen LogP contribution in [-0.2, 0) is 24.5 Å². The van der Waals surface area contributed by atoms with Crippen LogP contribution < -0.4 is 14.8 Å². The predicted molar refractivity (Wildman–Crippen MR) is 108 cm³/mol. The second-order valence-electron chi connectivity index (χ2n) is 6.73. The van der Waals surface area contributed by atoms with Crippen LogP contribution in [0.25, 0.3) is 0 Å². The van der Waals surface area contributed by atoms with Gasteiger partial charge in [-0.25, -0.2) is 4.79 Å². The molecule has 2 aromatic rings. The van der Waals surface area contributed by atoms with Crippen molar-refractivity contribution in [2.45, 2.75) is 26.2 Å². The highest BCUT2D eigenvalue weighted by atomic mass is 32.1. The summed E-state index contributed by atoms with van der Waals surface area (Å²) in [6.45, 7) is 4.36. The van der Waals surface area contributed by atoms with Crippen molar-refractivity contribution >= 4 is 34.3 Å². The van der Waals surface area contributed by atoms with E-state index in [2.05, 4.69) is 20.3 Å². The van der Waals surface area contributed by atoms with Crippen LogP contribution in [0.3, 0.4) is 0 Å². The van der Waals surface area contributed by atoms with E-state index in [1.165, 1.54) is 21.1 Å². The summed E-state index contributed by atoms with van der Waals surface area (Å²) in [7, 11) is 2.92. The van der Waals surface area contributed by atoms with E-state index < -0.39 is 29.9 Å². The number of carbonyl (C=O) groups excluding carboxylic acids is 3. The molecule has 2 rings (SSSR count). The highest BCUT2D eigenvalue weighted by Gasteiger charge is 2.28. The summed E-state index contributed by atoms with van der Waals surface area (Å²) < 4.78 is 20.2. The van der Waals surface area contributed by atoms with Crippen molar-refractivity contribution in [3.8, 4) is 11.5 Å². The number of benzene rings is 1. The van der Waals surface area contributed by atoms with E-state index in [4.69, 9.17) is 14.2 Å². The van der Waals surface area contributed by atoms with Gasteiger partial charge in [-0.2, -0.15) is 0 Å². The lowest BCUT2D eigenvalue weighted by atomic mass is 9.96. The molecule has 0 saturated heterocycles. The van der Waals surface area contributed by atoms with Gasteiger partial charge in [-0.3, -0.25) is 14.9 Å². The van der Waals surface area contributed by atoms with Crippen molar-refractivity contribution in [1.29, 1.82) is 0 Å². The van der Waals surface area contributed by atoms with Crippen molar-refractivity contribution in [3.63, 3.8) is 0 Å².